The number of nitrogens with zero attached hydrogens (tertiary/aromatic N) is 1. The lowest BCUT2D eigenvalue weighted by Crippen LogP contribution is -2.45. The zero-order valence-corrected chi connectivity index (χ0v) is 20.6. The summed E-state index contributed by atoms with van der Waals surface area (Å²) in [6.45, 7) is 0.251. The lowest BCUT2D eigenvalue weighted by molar-refractivity contribution is -0.128. The Morgan fingerprint density at radius 2 is 0.882 bits per heavy atom. The van der Waals surface area contributed by atoms with Crippen molar-refractivity contribution in [3.05, 3.63) is 0 Å². The van der Waals surface area contributed by atoms with Crippen molar-refractivity contribution < 1.29 is 28.8 Å². The van der Waals surface area contributed by atoms with Gasteiger partial charge in [-0.3, -0.25) is 33.7 Å². The van der Waals surface area contributed by atoms with Crippen LogP contribution in [0.1, 0.15) is 51.4 Å². The van der Waals surface area contributed by atoms with Gasteiger partial charge in [-0.2, -0.15) is 0 Å². The number of carbonyl (C=O) groups excluding carboxylic acids is 6. The van der Waals surface area contributed by atoms with E-state index in [1.807, 2.05) is 0 Å². The molecular formula is C22H40N6O6. The summed E-state index contributed by atoms with van der Waals surface area (Å²) in [6.07, 6.45) is 3.21. The van der Waals surface area contributed by atoms with Gasteiger partial charge in [0, 0.05) is 59.9 Å². The van der Waals surface area contributed by atoms with Gasteiger partial charge in [0.1, 0.15) is 5.78 Å². The van der Waals surface area contributed by atoms with Crippen LogP contribution >= 0.6 is 0 Å². The van der Waals surface area contributed by atoms with Gasteiger partial charge >= 0.3 is 0 Å². The molecular weight excluding hydrogens is 444 g/mol. The van der Waals surface area contributed by atoms with Gasteiger partial charge in [-0.05, 0) is 25.7 Å². The monoisotopic (exact) mass is 484 g/mol. The quantitative estimate of drug-likeness (QED) is 0.138. The zero-order chi connectivity index (χ0) is 25.8. The molecule has 0 aliphatic carbocycles. The van der Waals surface area contributed by atoms with Crippen molar-refractivity contribution in [2.24, 2.45) is 0 Å². The molecule has 0 saturated carbocycles. The molecule has 0 rings (SSSR count). The molecule has 0 bridgehead atoms. The van der Waals surface area contributed by atoms with E-state index in [2.05, 4.69) is 26.6 Å². The van der Waals surface area contributed by atoms with Gasteiger partial charge in [0.15, 0.2) is 0 Å². The summed E-state index contributed by atoms with van der Waals surface area (Å²) in [5, 5.41) is 12.9. The van der Waals surface area contributed by atoms with Crippen LogP contribution in [0.3, 0.4) is 0 Å². The molecule has 5 N–H and O–H groups in total. The molecule has 0 spiro atoms. The molecule has 0 aromatic carbocycles. The molecule has 194 valence electrons. The molecule has 5 amide bonds. The van der Waals surface area contributed by atoms with Crippen LogP contribution in [0.25, 0.3) is 0 Å². The number of rotatable bonds is 19. The molecule has 0 aliphatic heterocycles. The highest BCUT2D eigenvalue weighted by Gasteiger charge is 2.18. The Morgan fingerprint density at radius 1 is 0.500 bits per heavy atom. The van der Waals surface area contributed by atoms with Crippen LogP contribution in [0.4, 0.5) is 0 Å². The van der Waals surface area contributed by atoms with Crippen LogP contribution < -0.4 is 26.6 Å². The van der Waals surface area contributed by atoms with E-state index in [1.54, 1.807) is 7.05 Å². The largest absolute Gasteiger partial charge is 0.359 e. The topological polar surface area (TPSA) is 166 Å². The molecule has 0 aromatic heterocycles. The Morgan fingerprint density at radius 3 is 1.29 bits per heavy atom. The van der Waals surface area contributed by atoms with E-state index >= 15 is 0 Å². The molecule has 0 heterocycles. The average Bonchev–Trinajstić information content (AvgIpc) is 2.81. The van der Waals surface area contributed by atoms with Gasteiger partial charge < -0.3 is 26.6 Å². The number of amides is 5. The van der Waals surface area contributed by atoms with Crippen molar-refractivity contribution >= 4 is 35.3 Å². The first kappa shape index (κ1) is 31.0. The summed E-state index contributed by atoms with van der Waals surface area (Å²) in [7, 11) is 4.63. The van der Waals surface area contributed by atoms with Crippen LogP contribution in [0.5, 0.6) is 0 Å². The van der Waals surface area contributed by atoms with Crippen LogP contribution in [0, 0.1) is 0 Å². The van der Waals surface area contributed by atoms with E-state index in [0.717, 1.165) is 0 Å². The van der Waals surface area contributed by atoms with Crippen molar-refractivity contribution in [1.82, 2.24) is 31.5 Å². The fraction of sp³-hybridized carbons (Fsp3) is 0.727. The Hall–Kier alpha value is -3.02. The number of Topliss-reactive ketones (excluding diaryl/α,β-unsaturated/α-hetero) is 1. The second-order valence-corrected chi connectivity index (χ2v) is 7.82. The maximum absolute atomic E-state index is 12.4. The van der Waals surface area contributed by atoms with Crippen molar-refractivity contribution in [2.45, 2.75) is 51.4 Å². The lowest BCUT2D eigenvalue weighted by Gasteiger charge is -2.20. The summed E-state index contributed by atoms with van der Waals surface area (Å²) in [5.74, 6) is -1.16. The number of unbranched alkanes of at least 4 members (excludes halogenated alkanes) is 1. The van der Waals surface area contributed by atoms with Gasteiger partial charge in [0.2, 0.25) is 29.5 Å². The van der Waals surface area contributed by atoms with Crippen molar-refractivity contribution in [3.8, 4) is 0 Å². The highest BCUT2D eigenvalue weighted by atomic mass is 16.2. The maximum Gasteiger partial charge on any atom is 0.234 e. The number of carbonyl (C=O) groups is 6. The third kappa shape index (κ3) is 17.5. The SMILES string of the molecule is CNC(=O)CCCCC(=O)CN(CC(=O)NCCCC(=O)NC)CC(=O)NCCCC(=O)NC. The second kappa shape index (κ2) is 19.4. The smallest absolute Gasteiger partial charge is 0.234 e. The molecule has 0 aromatic rings. The summed E-state index contributed by atoms with van der Waals surface area (Å²) in [6, 6.07) is 0. The highest BCUT2D eigenvalue weighted by molar-refractivity contribution is 5.85. The van der Waals surface area contributed by atoms with Gasteiger partial charge in [0.25, 0.3) is 0 Å². The van der Waals surface area contributed by atoms with E-state index < -0.39 is 0 Å². The van der Waals surface area contributed by atoms with Gasteiger partial charge in [0.05, 0.1) is 19.6 Å². The van der Waals surface area contributed by atoms with Crippen LogP contribution in [0.15, 0.2) is 0 Å². The third-order valence-electron chi connectivity index (χ3n) is 4.89. The number of hydrogen-bond donors (Lipinski definition) is 5. The highest BCUT2D eigenvalue weighted by Crippen LogP contribution is 2.02. The molecule has 34 heavy (non-hydrogen) atoms. The predicted octanol–water partition coefficient (Wildman–Crippen LogP) is -1.55. The lowest BCUT2D eigenvalue weighted by atomic mass is 10.1. The van der Waals surface area contributed by atoms with Gasteiger partial charge in [-0.15, -0.1) is 0 Å². The molecule has 12 heteroatoms. The van der Waals surface area contributed by atoms with E-state index in [-0.39, 0.29) is 74.2 Å². The average molecular weight is 485 g/mol. The molecule has 0 aliphatic rings. The Bertz CT molecular complexity index is 594. The maximum atomic E-state index is 12.4. The van der Waals surface area contributed by atoms with Crippen molar-refractivity contribution in [2.75, 3.05) is 53.9 Å². The summed E-state index contributed by atoms with van der Waals surface area (Å²) in [5.41, 5.74) is 0. The second-order valence-electron chi connectivity index (χ2n) is 7.82. The fourth-order valence-corrected chi connectivity index (χ4v) is 2.95. The number of nitrogens with one attached hydrogen (secondary N) is 5. The number of ketones is 1. The van der Waals surface area contributed by atoms with Gasteiger partial charge in [-0.1, -0.05) is 0 Å². The van der Waals surface area contributed by atoms with Crippen molar-refractivity contribution in [1.29, 1.82) is 0 Å². The zero-order valence-electron chi connectivity index (χ0n) is 20.6. The van der Waals surface area contributed by atoms with Crippen LogP contribution in [-0.4, -0.2) is 94.1 Å². The minimum absolute atomic E-state index is 0.0721. The van der Waals surface area contributed by atoms with E-state index in [0.29, 0.717) is 45.2 Å². The standard InChI is InChI=1S/C22H40N6O6/c1-23-18(30)9-5-4-8-17(29)14-28(15-21(33)26-12-6-10-19(31)24-2)16-22(34)27-13-7-11-20(32)25-3/h4-16H2,1-3H3,(H,23,30)(H,24,31)(H,25,32)(H,26,33)(H,27,34). The Balaban J connectivity index is 4.62. The first-order valence-corrected chi connectivity index (χ1v) is 11.6. The Kier molecular flexibility index (Phi) is 17.7. The van der Waals surface area contributed by atoms with Crippen LogP contribution in [0.2, 0.25) is 0 Å². The Labute approximate surface area is 201 Å². The molecule has 0 radical (unpaired) electrons. The van der Waals surface area contributed by atoms with E-state index in [9.17, 15) is 28.8 Å². The van der Waals surface area contributed by atoms with E-state index in [1.165, 1.54) is 19.0 Å². The summed E-state index contributed by atoms with van der Waals surface area (Å²) in [4.78, 5) is 72.2. The molecule has 12 nitrogen and oxygen atoms in total. The minimum atomic E-state index is -0.350. The summed E-state index contributed by atoms with van der Waals surface area (Å²) >= 11 is 0. The van der Waals surface area contributed by atoms with Gasteiger partial charge in [-0.25, -0.2) is 0 Å². The number of hydrogen-bond acceptors (Lipinski definition) is 7. The summed E-state index contributed by atoms with van der Waals surface area (Å²) < 4.78 is 0. The predicted molar refractivity (Wildman–Crippen MR) is 127 cm³/mol. The van der Waals surface area contributed by atoms with E-state index in [4.69, 9.17) is 0 Å². The fourth-order valence-electron chi connectivity index (χ4n) is 2.95. The first-order valence-electron chi connectivity index (χ1n) is 11.6. The normalized spacial score (nSPS) is 10.4. The molecule has 0 fully saturated rings. The first-order chi connectivity index (χ1) is 16.2. The van der Waals surface area contributed by atoms with Crippen molar-refractivity contribution in [3.63, 3.8) is 0 Å². The van der Waals surface area contributed by atoms with Crippen LogP contribution in [-0.2, 0) is 28.8 Å². The molecule has 0 atom stereocenters. The molecule has 0 unspecified atom stereocenters. The minimum Gasteiger partial charge on any atom is -0.359 e. The molecule has 0 saturated heterocycles. The third-order valence-corrected chi connectivity index (χ3v) is 4.89.